The van der Waals surface area contributed by atoms with E-state index >= 15 is 0 Å². The third-order valence-corrected chi connectivity index (χ3v) is 1.59. The minimum atomic E-state index is 0. The van der Waals surface area contributed by atoms with Gasteiger partial charge in [-0.05, 0) is 18.2 Å². The summed E-state index contributed by atoms with van der Waals surface area (Å²) >= 11 is 0. The monoisotopic (exact) mass is 254 g/mol. The molecule has 2 heteroatoms. The van der Waals surface area contributed by atoms with Gasteiger partial charge in [-0.3, -0.25) is 4.79 Å². The van der Waals surface area contributed by atoms with E-state index in [-0.39, 0.29) is 28.1 Å². The van der Waals surface area contributed by atoms with Crippen LogP contribution < -0.4 is 4.74 Å². The minimum absolute atomic E-state index is 0. The normalized spacial score (nSPS) is 7.00. The molecule has 1 aromatic rings. The zero-order valence-electron chi connectivity index (χ0n) is 9.40. The molecule has 0 radical (unpaired) electrons. The molecule has 0 bridgehead atoms. The second-order valence-corrected chi connectivity index (χ2v) is 2.58. The standard InChI is InChI=1S/C11H12O2.C2H6.3CH4/c1-2-10(12)8-9-13-11-6-4-3-5-7-11;1-2;;;/h2-7H,1,8-9H2;1-2H3;3*1H4. The summed E-state index contributed by atoms with van der Waals surface area (Å²) in [6.07, 6.45) is 1.70. The van der Waals surface area contributed by atoms with Crippen molar-refractivity contribution in [3.63, 3.8) is 0 Å². The molecule has 0 aromatic heterocycles. The van der Waals surface area contributed by atoms with Gasteiger partial charge in [0.1, 0.15) is 5.75 Å². The number of ether oxygens (including phenoxy) is 1. The van der Waals surface area contributed by atoms with Crippen LogP contribution in [0.25, 0.3) is 0 Å². The molecular weight excluding hydrogens is 224 g/mol. The Morgan fingerprint density at radius 3 is 2.11 bits per heavy atom. The van der Waals surface area contributed by atoms with Crippen LogP contribution in [-0.4, -0.2) is 12.4 Å². The van der Waals surface area contributed by atoms with Gasteiger partial charge in [0.15, 0.2) is 5.78 Å². The molecule has 0 atom stereocenters. The molecule has 0 unspecified atom stereocenters. The van der Waals surface area contributed by atoms with E-state index in [1.807, 2.05) is 44.2 Å². The third-order valence-electron chi connectivity index (χ3n) is 1.59. The van der Waals surface area contributed by atoms with Gasteiger partial charge in [-0.25, -0.2) is 0 Å². The van der Waals surface area contributed by atoms with Crippen LogP contribution in [0.2, 0.25) is 0 Å². The molecule has 0 fully saturated rings. The lowest BCUT2D eigenvalue weighted by molar-refractivity contribution is -0.115. The van der Waals surface area contributed by atoms with Gasteiger partial charge in [0.05, 0.1) is 6.61 Å². The van der Waals surface area contributed by atoms with Gasteiger partial charge in [-0.15, -0.1) is 0 Å². The predicted molar refractivity (Wildman–Crippen MR) is 83.3 cm³/mol. The van der Waals surface area contributed by atoms with E-state index in [1.54, 1.807) is 0 Å². The highest BCUT2D eigenvalue weighted by Gasteiger charge is 1.96. The molecule has 106 valence electrons. The van der Waals surface area contributed by atoms with Gasteiger partial charge in [-0.2, -0.15) is 0 Å². The summed E-state index contributed by atoms with van der Waals surface area (Å²) < 4.78 is 5.31. The van der Waals surface area contributed by atoms with Crippen LogP contribution in [0.1, 0.15) is 42.5 Å². The van der Waals surface area contributed by atoms with Crippen LogP contribution in [0, 0.1) is 0 Å². The molecular formula is C16H30O2. The van der Waals surface area contributed by atoms with Gasteiger partial charge >= 0.3 is 0 Å². The minimum Gasteiger partial charge on any atom is -0.493 e. The predicted octanol–water partition coefficient (Wildman–Crippen LogP) is 5.15. The highest BCUT2D eigenvalue weighted by atomic mass is 16.5. The van der Waals surface area contributed by atoms with Gasteiger partial charge < -0.3 is 4.74 Å². The van der Waals surface area contributed by atoms with E-state index in [0.29, 0.717) is 13.0 Å². The molecule has 0 saturated carbocycles. The molecule has 0 heterocycles. The van der Waals surface area contributed by atoms with E-state index < -0.39 is 0 Å². The van der Waals surface area contributed by atoms with Crippen LogP contribution in [0.15, 0.2) is 43.0 Å². The van der Waals surface area contributed by atoms with E-state index in [4.69, 9.17) is 4.74 Å². The van der Waals surface area contributed by atoms with Crippen molar-refractivity contribution in [3.8, 4) is 5.75 Å². The van der Waals surface area contributed by atoms with E-state index in [0.717, 1.165) is 5.75 Å². The zero-order valence-corrected chi connectivity index (χ0v) is 9.40. The fraction of sp³-hybridized carbons (Fsp3) is 0.438. The Balaban J connectivity index is -0.000000186. The topological polar surface area (TPSA) is 26.3 Å². The summed E-state index contributed by atoms with van der Waals surface area (Å²) in [6.45, 7) is 7.79. The first-order chi connectivity index (χ1) is 7.33. The Kier molecular flexibility index (Phi) is 25.1. The number of para-hydroxylation sites is 1. The molecule has 18 heavy (non-hydrogen) atoms. The number of rotatable bonds is 5. The Morgan fingerprint density at radius 1 is 1.17 bits per heavy atom. The molecule has 0 aliphatic carbocycles. The molecule has 0 spiro atoms. The number of allylic oxidation sites excluding steroid dienone is 1. The largest absolute Gasteiger partial charge is 0.493 e. The first kappa shape index (κ1) is 25.3. The van der Waals surface area contributed by atoms with Crippen molar-refractivity contribution >= 4 is 5.78 Å². The second kappa shape index (κ2) is 17.8. The first-order valence-electron chi connectivity index (χ1n) is 5.16. The number of hydrogen-bond donors (Lipinski definition) is 0. The molecule has 0 N–H and O–H groups in total. The highest BCUT2D eigenvalue weighted by molar-refractivity contribution is 5.89. The SMILES string of the molecule is C.C.C.C=CC(=O)CCOc1ccccc1.CC. The summed E-state index contributed by atoms with van der Waals surface area (Å²) in [4.78, 5) is 10.8. The Bertz CT molecular complexity index is 278. The maximum absolute atomic E-state index is 10.8. The molecule has 0 aliphatic rings. The van der Waals surface area contributed by atoms with Gasteiger partial charge in [0, 0.05) is 6.42 Å². The zero-order chi connectivity index (χ0) is 11.5. The second-order valence-electron chi connectivity index (χ2n) is 2.58. The Labute approximate surface area is 114 Å². The lowest BCUT2D eigenvalue weighted by Crippen LogP contribution is -2.03. The van der Waals surface area contributed by atoms with Crippen molar-refractivity contribution in [2.24, 2.45) is 0 Å². The molecule has 1 aromatic carbocycles. The fourth-order valence-corrected chi connectivity index (χ4v) is 0.888. The molecule has 2 nitrogen and oxygen atoms in total. The van der Waals surface area contributed by atoms with Crippen molar-refractivity contribution in [2.75, 3.05) is 6.61 Å². The van der Waals surface area contributed by atoms with Crippen molar-refractivity contribution < 1.29 is 9.53 Å². The number of benzene rings is 1. The summed E-state index contributed by atoms with van der Waals surface area (Å²) in [5, 5.41) is 0. The third kappa shape index (κ3) is 12.5. The molecule has 0 aliphatic heterocycles. The average Bonchev–Trinajstić information content (AvgIpc) is 2.33. The summed E-state index contributed by atoms with van der Waals surface area (Å²) in [6, 6.07) is 9.42. The highest BCUT2D eigenvalue weighted by Crippen LogP contribution is 2.08. The maximum atomic E-state index is 10.8. The number of hydrogen-bond acceptors (Lipinski definition) is 2. The number of ketones is 1. The van der Waals surface area contributed by atoms with Crippen molar-refractivity contribution in [1.29, 1.82) is 0 Å². The summed E-state index contributed by atoms with van der Waals surface area (Å²) in [7, 11) is 0. The van der Waals surface area contributed by atoms with E-state index in [1.165, 1.54) is 6.08 Å². The number of carbonyl (C=O) groups excluding carboxylic acids is 1. The lowest BCUT2D eigenvalue weighted by Gasteiger charge is -2.03. The fourth-order valence-electron chi connectivity index (χ4n) is 0.888. The maximum Gasteiger partial charge on any atom is 0.158 e. The van der Waals surface area contributed by atoms with Gasteiger partial charge in [-0.1, -0.05) is 60.9 Å². The Morgan fingerprint density at radius 2 is 1.67 bits per heavy atom. The van der Waals surface area contributed by atoms with Crippen molar-refractivity contribution in [1.82, 2.24) is 0 Å². The molecule has 0 amide bonds. The van der Waals surface area contributed by atoms with Crippen LogP contribution in [0.4, 0.5) is 0 Å². The van der Waals surface area contributed by atoms with Crippen LogP contribution >= 0.6 is 0 Å². The van der Waals surface area contributed by atoms with Crippen LogP contribution in [-0.2, 0) is 4.79 Å². The van der Waals surface area contributed by atoms with Crippen molar-refractivity contribution in [2.45, 2.75) is 42.5 Å². The van der Waals surface area contributed by atoms with Gasteiger partial charge in [0.25, 0.3) is 0 Å². The van der Waals surface area contributed by atoms with E-state index in [9.17, 15) is 4.79 Å². The van der Waals surface area contributed by atoms with Crippen molar-refractivity contribution in [3.05, 3.63) is 43.0 Å². The van der Waals surface area contributed by atoms with Crippen LogP contribution in [0.5, 0.6) is 5.75 Å². The molecule has 1 rings (SSSR count). The molecule has 0 saturated heterocycles. The quantitative estimate of drug-likeness (QED) is 0.680. The first-order valence-corrected chi connectivity index (χ1v) is 5.16. The number of carbonyl (C=O) groups is 1. The summed E-state index contributed by atoms with van der Waals surface area (Å²) in [5.41, 5.74) is 0. The van der Waals surface area contributed by atoms with Crippen LogP contribution in [0.3, 0.4) is 0 Å². The van der Waals surface area contributed by atoms with E-state index in [2.05, 4.69) is 6.58 Å². The van der Waals surface area contributed by atoms with Gasteiger partial charge in [0.2, 0.25) is 0 Å². The lowest BCUT2D eigenvalue weighted by atomic mass is 10.3. The summed E-state index contributed by atoms with van der Waals surface area (Å²) in [5.74, 6) is 0.801. The Hall–Kier alpha value is -1.57. The average molecular weight is 254 g/mol. The smallest absolute Gasteiger partial charge is 0.158 e.